The van der Waals surface area contributed by atoms with Gasteiger partial charge in [0, 0.05) is 15.9 Å². The molecule has 0 fully saturated rings. The Morgan fingerprint density at radius 2 is 1.75 bits per heavy atom. The fourth-order valence-corrected chi connectivity index (χ4v) is 2.30. The summed E-state index contributed by atoms with van der Waals surface area (Å²) < 4.78 is 1.02. The molecule has 0 aliphatic carbocycles. The van der Waals surface area contributed by atoms with Gasteiger partial charge in [0.05, 0.1) is 6.04 Å². The lowest BCUT2D eigenvalue weighted by Crippen LogP contribution is -2.26. The van der Waals surface area contributed by atoms with E-state index < -0.39 is 0 Å². The van der Waals surface area contributed by atoms with Crippen LogP contribution in [0.3, 0.4) is 0 Å². The van der Waals surface area contributed by atoms with Gasteiger partial charge in [0.1, 0.15) is 0 Å². The molecule has 0 aromatic heterocycles. The van der Waals surface area contributed by atoms with Crippen LogP contribution in [0.2, 0.25) is 0 Å². The Kier molecular flexibility index (Phi) is 5.21. The molecule has 104 valence electrons. The molecule has 0 bridgehead atoms. The molecule has 2 aromatic carbocycles. The molecule has 4 heteroatoms. The molecule has 0 spiro atoms. The summed E-state index contributed by atoms with van der Waals surface area (Å²) in [5.41, 5.74) is 2.71. The fourth-order valence-electron chi connectivity index (χ4n) is 1.86. The smallest absolute Gasteiger partial charge is 0.251 e. The second-order valence-electron chi connectivity index (χ2n) is 4.58. The summed E-state index contributed by atoms with van der Waals surface area (Å²) in [5.74, 6) is 0.374. The molecule has 0 aliphatic rings. The number of nitrogens with one attached hydrogen (secondary N) is 1. The van der Waals surface area contributed by atoms with Crippen molar-refractivity contribution < 1.29 is 4.79 Å². The maximum atomic E-state index is 12.1. The molecule has 0 heterocycles. The van der Waals surface area contributed by atoms with E-state index in [9.17, 15) is 4.79 Å². The van der Waals surface area contributed by atoms with Gasteiger partial charge in [-0.1, -0.05) is 40.2 Å². The highest BCUT2D eigenvalue weighted by Crippen LogP contribution is 2.17. The number of carbonyl (C=O) groups is 1. The van der Waals surface area contributed by atoms with Gasteiger partial charge in [-0.25, -0.2) is 0 Å². The van der Waals surface area contributed by atoms with E-state index in [1.54, 1.807) is 12.1 Å². The topological polar surface area (TPSA) is 29.1 Å². The van der Waals surface area contributed by atoms with Crippen LogP contribution in [0.25, 0.3) is 0 Å². The molecule has 1 atom stereocenters. The minimum atomic E-state index is -0.0819. The Balaban J connectivity index is 2.04. The first kappa shape index (κ1) is 15.1. The molecule has 20 heavy (non-hydrogen) atoms. The van der Waals surface area contributed by atoms with Crippen LogP contribution >= 0.6 is 27.5 Å². The van der Waals surface area contributed by atoms with Crippen molar-refractivity contribution in [2.45, 2.75) is 18.8 Å². The average molecular weight is 353 g/mol. The molecule has 0 saturated carbocycles. The lowest BCUT2D eigenvalue weighted by atomic mass is 10.1. The van der Waals surface area contributed by atoms with Crippen molar-refractivity contribution in [3.63, 3.8) is 0 Å². The van der Waals surface area contributed by atoms with E-state index in [1.165, 1.54) is 0 Å². The molecular weight excluding hydrogens is 338 g/mol. The summed E-state index contributed by atoms with van der Waals surface area (Å²) in [6, 6.07) is 15.2. The molecule has 0 radical (unpaired) electrons. The van der Waals surface area contributed by atoms with Gasteiger partial charge in [-0.3, -0.25) is 4.79 Å². The molecule has 0 saturated heterocycles. The number of hydrogen-bond donors (Lipinski definition) is 1. The van der Waals surface area contributed by atoms with E-state index in [0.717, 1.165) is 15.6 Å². The highest BCUT2D eigenvalue weighted by molar-refractivity contribution is 9.10. The van der Waals surface area contributed by atoms with E-state index in [-0.39, 0.29) is 11.9 Å². The SMILES string of the molecule is C[C@@H](NC(=O)c1ccc(CCl)cc1)c1ccc(Br)cc1. The third-order valence-corrected chi connectivity index (χ3v) is 3.93. The molecule has 1 N–H and O–H groups in total. The predicted octanol–water partition coefficient (Wildman–Crippen LogP) is 4.68. The van der Waals surface area contributed by atoms with Gasteiger partial charge >= 0.3 is 0 Å². The van der Waals surface area contributed by atoms with Crippen molar-refractivity contribution in [3.05, 3.63) is 69.7 Å². The van der Waals surface area contributed by atoms with E-state index in [1.807, 2.05) is 43.3 Å². The third kappa shape index (κ3) is 3.84. The normalized spacial score (nSPS) is 11.9. The highest BCUT2D eigenvalue weighted by atomic mass is 79.9. The Morgan fingerprint density at radius 3 is 2.30 bits per heavy atom. The van der Waals surface area contributed by atoms with Gasteiger partial charge in [-0.05, 0) is 42.3 Å². The van der Waals surface area contributed by atoms with Gasteiger partial charge in [-0.2, -0.15) is 0 Å². The van der Waals surface area contributed by atoms with Crippen LogP contribution in [0, 0.1) is 0 Å². The lowest BCUT2D eigenvalue weighted by molar-refractivity contribution is 0.0940. The van der Waals surface area contributed by atoms with Crippen molar-refractivity contribution in [2.75, 3.05) is 0 Å². The van der Waals surface area contributed by atoms with E-state index in [4.69, 9.17) is 11.6 Å². The van der Waals surface area contributed by atoms with Crippen LogP contribution < -0.4 is 5.32 Å². The lowest BCUT2D eigenvalue weighted by Gasteiger charge is -2.14. The number of carbonyl (C=O) groups excluding carboxylic acids is 1. The van der Waals surface area contributed by atoms with Crippen LogP contribution in [-0.4, -0.2) is 5.91 Å². The first-order valence-electron chi connectivity index (χ1n) is 6.31. The number of halogens is 2. The Hall–Kier alpha value is -1.32. The average Bonchev–Trinajstić information content (AvgIpc) is 2.48. The summed E-state index contributed by atoms with van der Waals surface area (Å²) in [5, 5.41) is 2.98. The van der Waals surface area contributed by atoms with Crippen LogP contribution in [-0.2, 0) is 5.88 Å². The third-order valence-electron chi connectivity index (χ3n) is 3.09. The predicted molar refractivity (Wildman–Crippen MR) is 86.0 cm³/mol. The molecular formula is C16H15BrClNO. The van der Waals surface area contributed by atoms with Gasteiger partial charge in [0.25, 0.3) is 5.91 Å². The quantitative estimate of drug-likeness (QED) is 0.795. The first-order valence-corrected chi connectivity index (χ1v) is 7.64. The molecule has 2 nitrogen and oxygen atoms in total. The molecule has 0 unspecified atom stereocenters. The maximum absolute atomic E-state index is 12.1. The highest BCUT2D eigenvalue weighted by Gasteiger charge is 2.11. The number of alkyl halides is 1. The minimum absolute atomic E-state index is 0.0386. The Morgan fingerprint density at radius 1 is 1.15 bits per heavy atom. The summed E-state index contributed by atoms with van der Waals surface area (Å²) in [6.07, 6.45) is 0. The maximum Gasteiger partial charge on any atom is 0.251 e. The number of hydrogen-bond acceptors (Lipinski definition) is 1. The zero-order valence-corrected chi connectivity index (χ0v) is 13.4. The number of amides is 1. The molecule has 0 aliphatic heterocycles. The van der Waals surface area contributed by atoms with E-state index in [0.29, 0.717) is 11.4 Å². The van der Waals surface area contributed by atoms with Crippen LogP contribution in [0.15, 0.2) is 53.0 Å². The zero-order valence-electron chi connectivity index (χ0n) is 11.1. The summed E-state index contributed by atoms with van der Waals surface area (Å²) >= 11 is 9.13. The summed E-state index contributed by atoms with van der Waals surface area (Å²) in [4.78, 5) is 12.1. The van der Waals surface area contributed by atoms with E-state index >= 15 is 0 Å². The van der Waals surface area contributed by atoms with Crippen LogP contribution in [0.1, 0.15) is 34.5 Å². The molecule has 2 rings (SSSR count). The summed E-state index contributed by atoms with van der Waals surface area (Å²) in [6.45, 7) is 1.97. The van der Waals surface area contributed by atoms with Crippen molar-refractivity contribution in [2.24, 2.45) is 0 Å². The van der Waals surface area contributed by atoms with Crippen molar-refractivity contribution in [3.8, 4) is 0 Å². The first-order chi connectivity index (χ1) is 9.60. The van der Waals surface area contributed by atoms with Gasteiger partial charge in [0.2, 0.25) is 0 Å². The van der Waals surface area contributed by atoms with Gasteiger partial charge < -0.3 is 5.32 Å². The monoisotopic (exact) mass is 351 g/mol. The minimum Gasteiger partial charge on any atom is -0.346 e. The van der Waals surface area contributed by atoms with Crippen LogP contribution in [0.5, 0.6) is 0 Å². The second kappa shape index (κ2) is 6.91. The van der Waals surface area contributed by atoms with Crippen molar-refractivity contribution in [1.82, 2.24) is 5.32 Å². The fraction of sp³-hybridized carbons (Fsp3) is 0.188. The zero-order chi connectivity index (χ0) is 14.5. The van der Waals surface area contributed by atoms with Crippen molar-refractivity contribution >= 4 is 33.4 Å². The van der Waals surface area contributed by atoms with Crippen molar-refractivity contribution in [1.29, 1.82) is 0 Å². The number of benzene rings is 2. The molecule has 1 amide bonds. The van der Waals surface area contributed by atoms with Crippen LogP contribution in [0.4, 0.5) is 0 Å². The van der Waals surface area contributed by atoms with Gasteiger partial charge in [0.15, 0.2) is 0 Å². The van der Waals surface area contributed by atoms with E-state index in [2.05, 4.69) is 21.2 Å². The second-order valence-corrected chi connectivity index (χ2v) is 5.76. The largest absolute Gasteiger partial charge is 0.346 e. The Bertz CT molecular complexity index is 580. The van der Waals surface area contributed by atoms with Gasteiger partial charge in [-0.15, -0.1) is 11.6 Å². The standard InChI is InChI=1S/C16H15BrClNO/c1-11(13-6-8-15(17)9-7-13)19-16(20)14-4-2-12(10-18)3-5-14/h2-9,11H,10H2,1H3,(H,19,20)/t11-/m1/s1. The molecule has 2 aromatic rings. The number of rotatable bonds is 4. The summed E-state index contributed by atoms with van der Waals surface area (Å²) in [7, 11) is 0. The Labute approximate surface area is 132 Å².